The van der Waals surface area contributed by atoms with Gasteiger partial charge in [0.05, 0.1) is 24.2 Å². The second-order valence-electron chi connectivity index (χ2n) is 4.87. The lowest BCUT2D eigenvalue weighted by atomic mass is 10.0. The molecule has 0 bridgehead atoms. The summed E-state index contributed by atoms with van der Waals surface area (Å²) < 4.78 is 6.96. The standard InChI is InChI=1S/C14H19N3O2/c1-4-19-13(18)14(3,15)9-17-10(2)16-11-7-5-6-8-12(11)17/h5-8H,4,9,15H2,1-3H3. The van der Waals surface area contributed by atoms with E-state index >= 15 is 0 Å². The van der Waals surface area contributed by atoms with E-state index in [-0.39, 0.29) is 0 Å². The van der Waals surface area contributed by atoms with Gasteiger partial charge in [0.15, 0.2) is 0 Å². The molecule has 0 saturated heterocycles. The third-order valence-corrected chi connectivity index (χ3v) is 3.07. The van der Waals surface area contributed by atoms with Crippen molar-refractivity contribution in [1.29, 1.82) is 0 Å². The summed E-state index contributed by atoms with van der Waals surface area (Å²) in [6.07, 6.45) is 0. The molecule has 5 heteroatoms. The molecule has 0 amide bonds. The van der Waals surface area contributed by atoms with Gasteiger partial charge in [0.1, 0.15) is 11.4 Å². The first-order valence-electron chi connectivity index (χ1n) is 6.33. The Hall–Kier alpha value is -1.88. The van der Waals surface area contributed by atoms with Crippen molar-refractivity contribution in [3.05, 3.63) is 30.1 Å². The van der Waals surface area contributed by atoms with Crippen molar-refractivity contribution in [3.63, 3.8) is 0 Å². The average Bonchev–Trinajstić information content (AvgIpc) is 2.66. The molecule has 0 saturated carbocycles. The Morgan fingerprint density at radius 1 is 1.47 bits per heavy atom. The predicted molar refractivity (Wildman–Crippen MR) is 73.7 cm³/mol. The van der Waals surface area contributed by atoms with Gasteiger partial charge in [-0.25, -0.2) is 9.78 Å². The molecule has 2 aromatic rings. The first-order chi connectivity index (χ1) is 8.95. The van der Waals surface area contributed by atoms with E-state index in [1.807, 2.05) is 35.8 Å². The van der Waals surface area contributed by atoms with Crippen molar-refractivity contribution in [2.75, 3.05) is 6.61 Å². The SMILES string of the molecule is CCOC(=O)C(C)(N)Cn1c(C)nc2ccccc21. The molecular formula is C14H19N3O2. The fourth-order valence-corrected chi connectivity index (χ4v) is 2.08. The highest BCUT2D eigenvalue weighted by Crippen LogP contribution is 2.18. The third kappa shape index (κ3) is 2.61. The summed E-state index contributed by atoms with van der Waals surface area (Å²) in [6.45, 7) is 6.03. The van der Waals surface area contributed by atoms with E-state index in [4.69, 9.17) is 10.5 Å². The minimum atomic E-state index is -1.07. The number of aryl methyl sites for hydroxylation is 1. The zero-order valence-electron chi connectivity index (χ0n) is 11.5. The first-order valence-corrected chi connectivity index (χ1v) is 6.33. The van der Waals surface area contributed by atoms with Crippen LogP contribution >= 0.6 is 0 Å². The number of fused-ring (bicyclic) bond motifs is 1. The molecule has 2 N–H and O–H groups in total. The van der Waals surface area contributed by atoms with Crippen molar-refractivity contribution < 1.29 is 9.53 Å². The van der Waals surface area contributed by atoms with Crippen molar-refractivity contribution in [2.24, 2.45) is 5.73 Å². The monoisotopic (exact) mass is 261 g/mol. The normalized spacial score (nSPS) is 14.3. The Labute approximate surface area is 112 Å². The van der Waals surface area contributed by atoms with Gasteiger partial charge < -0.3 is 15.0 Å². The van der Waals surface area contributed by atoms with Crippen molar-refractivity contribution in [2.45, 2.75) is 32.9 Å². The molecule has 1 atom stereocenters. The lowest BCUT2D eigenvalue weighted by Crippen LogP contribution is -2.49. The van der Waals surface area contributed by atoms with Crippen molar-refractivity contribution in [1.82, 2.24) is 9.55 Å². The predicted octanol–water partition coefficient (Wildman–Crippen LogP) is 1.63. The molecule has 102 valence electrons. The molecule has 2 rings (SSSR count). The summed E-state index contributed by atoms with van der Waals surface area (Å²) in [6, 6.07) is 7.79. The fraction of sp³-hybridized carbons (Fsp3) is 0.429. The van der Waals surface area contributed by atoms with Crippen LogP contribution in [0.25, 0.3) is 11.0 Å². The number of carbonyl (C=O) groups is 1. The molecule has 0 aliphatic rings. The van der Waals surface area contributed by atoms with E-state index < -0.39 is 11.5 Å². The molecular weight excluding hydrogens is 242 g/mol. The number of benzene rings is 1. The summed E-state index contributed by atoms with van der Waals surface area (Å²) in [5.74, 6) is 0.439. The third-order valence-electron chi connectivity index (χ3n) is 3.07. The Morgan fingerprint density at radius 2 is 2.16 bits per heavy atom. The Morgan fingerprint density at radius 3 is 2.84 bits per heavy atom. The van der Waals surface area contributed by atoms with Crippen molar-refractivity contribution in [3.8, 4) is 0 Å². The molecule has 5 nitrogen and oxygen atoms in total. The number of nitrogens with zero attached hydrogens (tertiary/aromatic N) is 2. The molecule has 1 aromatic carbocycles. The van der Waals surface area contributed by atoms with Crippen LogP contribution in [0.3, 0.4) is 0 Å². The smallest absolute Gasteiger partial charge is 0.327 e. The number of para-hydroxylation sites is 2. The van der Waals surface area contributed by atoms with Crippen LogP contribution in [-0.2, 0) is 16.1 Å². The maximum absolute atomic E-state index is 11.9. The van der Waals surface area contributed by atoms with Crippen LogP contribution in [0.4, 0.5) is 0 Å². The van der Waals surface area contributed by atoms with E-state index in [1.165, 1.54) is 0 Å². The number of hydrogen-bond acceptors (Lipinski definition) is 4. The maximum atomic E-state index is 11.9. The number of rotatable bonds is 4. The number of carbonyl (C=O) groups excluding carboxylic acids is 1. The van der Waals surface area contributed by atoms with Gasteiger partial charge >= 0.3 is 5.97 Å². The van der Waals surface area contributed by atoms with E-state index in [1.54, 1.807) is 13.8 Å². The molecule has 1 unspecified atom stereocenters. The number of hydrogen-bond donors (Lipinski definition) is 1. The van der Waals surface area contributed by atoms with E-state index in [2.05, 4.69) is 4.98 Å². The number of ether oxygens (including phenoxy) is 1. The fourth-order valence-electron chi connectivity index (χ4n) is 2.08. The summed E-state index contributed by atoms with van der Waals surface area (Å²) in [7, 11) is 0. The summed E-state index contributed by atoms with van der Waals surface area (Å²) >= 11 is 0. The average molecular weight is 261 g/mol. The summed E-state index contributed by atoms with van der Waals surface area (Å²) in [5.41, 5.74) is 6.88. The molecule has 1 aromatic heterocycles. The highest BCUT2D eigenvalue weighted by atomic mass is 16.5. The van der Waals surface area contributed by atoms with Crippen LogP contribution in [0.5, 0.6) is 0 Å². The second kappa shape index (κ2) is 5.01. The summed E-state index contributed by atoms with van der Waals surface area (Å²) in [4.78, 5) is 16.3. The van der Waals surface area contributed by atoms with Gasteiger partial charge in [0.2, 0.25) is 0 Å². The van der Waals surface area contributed by atoms with Crippen LogP contribution < -0.4 is 5.73 Å². The van der Waals surface area contributed by atoms with Gasteiger partial charge in [-0.2, -0.15) is 0 Å². The Bertz CT molecular complexity index is 602. The number of nitrogens with two attached hydrogens (primary N) is 1. The summed E-state index contributed by atoms with van der Waals surface area (Å²) in [5, 5.41) is 0. The van der Waals surface area contributed by atoms with E-state index in [0.717, 1.165) is 16.9 Å². The molecule has 0 radical (unpaired) electrons. The van der Waals surface area contributed by atoms with Gasteiger partial charge in [-0.15, -0.1) is 0 Å². The lowest BCUT2D eigenvalue weighted by Gasteiger charge is -2.23. The molecule has 19 heavy (non-hydrogen) atoms. The minimum absolute atomic E-state index is 0.329. The molecule has 0 fully saturated rings. The molecule has 0 spiro atoms. The molecule has 1 heterocycles. The van der Waals surface area contributed by atoms with Crippen LogP contribution in [0.1, 0.15) is 19.7 Å². The zero-order valence-corrected chi connectivity index (χ0v) is 11.5. The highest BCUT2D eigenvalue weighted by molar-refractivity contribution is 5.81. The Kier molecular flexibility index (Phi) is 3.57. The minimum Gasteiger partial charge on any atom is -0.465 e. The quantitative estimate of drug-likeness (QED) is 0.849. The van der Waals surface area contributed by atoms with E-state index in [9.17, 15) is 4.79 Å². The van der Waals surface area contributed by atoms with Crippen LogP contribution in [0.2, 0.25) is 0 Å². The number of aromatic nitrogens is 2. The first kappa shape index (κ1) is 13.5. The molecule has 0 aliphatic carbocycles. The second-order valence-corrected chi connectivity index (χ2v) is 4.87. The van der Waals surface area contributed by atoms with Crippen LogP contribution in [-0.4, -0.2) is 27.7 Å². The zero-order chi connectivity index (χ0) is 14.0. The Balaban J connectivity index is 2.35. The highest BCUT2D eigenvalue weighted by Gasteiger charge is 2.31. The van der Waals surface area contributed by atoms with Gasteiger partial charge in [-0.3, -0.25) is 0 Å². The van der Waals surface area contributed by atoms with Gasteiger partial charge in [0, 0.05) is 0 Å². The van der Waals surface area contributed by atoms with Crippen molar-refractivity contribution >= 4 is 17.0 Å². The topological polar surface area (TPSA) is 70.1 Å². The van der Waals surface area contributed by atoms with Gasteiger partial charge in [-0.1, -0.05) is 12.1 Å². The van der Waals surface area contributed by atoms with E-state index in [0.29, 0.717) is 13.2 Å². The van der Waals surface area contributed by atoms with Gasteiger partial charge in [-0.05, 0) is 32.9 Å². The number of esters is 1. The number of imidazole rings is 1. The lowest BCUT2D eigenvalue weighted by molar-refractivity contribution is -0.149. The van der Waals surface area contributed by atoms with Crippen LogP contribution in [0.15, 0.2) is 24.3 Å². The van der Waals surface area contributed by atoms with Gasteiger partial charge in [0.25, 0.3) is 0 Å². The van der Waals surface area contributed by atoms with Crippen LogP contribution in [0, 0.1) is 6.92 Å². The largest absolute Gasteiger partial charge is 0.465 e. The molecule has 0 aliphatic heterocycles. The maximum Gasteiger partial charge on any atom is 0.327 e.